The van der Waals surface area contributed by atoms with Crippen LogP contribution in [0.15, 0.2) is 47.4 Å². The molecule has 1 saturated heterocycles. The minimum atomic E-state index is -1.11. The summed E-state index contributed by atoms with van der Waals surface area (Å²) in [5, 5.41) is 8.97. The molecule has 1 amide bonds. The van der Waals surface area contributed by atoms with Crippen molar-refractivity contribution >= 4 is 5.91 Å². The summed E-state index contributed by atoms with van der Waals surface area (Å²) in [6, 6.07) is 10.6. The Morgan fingerprint density at radius 1 is 1.12 bits per heavy atom. The predicted octanol–water partition coefficient (Wildman–Crippen LogP) is 3.83. The Labute approximate surface area is 185 Å². The van der Waals surface area contributed by atoms with E-state index in [4.69, 9.17) is 5.26 Å². The second-order valence-electron chi connectivity index (χ2n) is 9.51. The van der Waals surface area contributed by atoms with Crippen LogP contribution in [0.4, 0.5) is 8.78 Å². The van der Waals surface area contributed by atoms with Gasteiger partial charge >= 0.3 is 0 Å². The molecule has 1 aliphatic heterocycles. The van der Waals surface area contributed by atoms with Crippen LogP contribution in [0.2, 0.25) is 0 Å². The summed E-state index contributed by atoms with van der Waals surface area (Å²) in [5.41, 5.74) is 0.769. The molecule has 0 spiro atoms. The molecule has 3 saturated carbocycles. The molecule has 6 rings (SSSR count). The van der Waals surface area contributed by atoms with Crippen molar-refractivity contribution in [1.82, 2.24) is 9.47 Å². The number of likely N-dealkylation sites (tertiary alicyclic amines) is 1. The predicted molar refractivity (Wildman–Crippen MR) is 114 cm³/mol. The van der Waals surface area contributed by atoms with Crippen LogP contribution in [0.3, 0.4) is 0 Å². The molecule has 32 heavy (non-hydrogen) atoms. The Balaban J connectivity index is 1.34. The lowest BCUT2D eigenvalue weighted by Gasteiger charge is -2.51. The van der Waals surface area contributed by atoms with Gasteiger partial charge in [0, 0.05) is 31.1 Å². The number of aromatic nitrogens is 1. The Morgan fingerprint density at radius 2 is 1.94 bits per heavy atom. The zero-order valence-corrected chi connectivity index (χ0v) is 17.7. The van der Waals surface area contributed by atoms with Gasteiger partial charge in [-0.15, -0.1) is 0 Å². The molecular formula is C25H25F2N3O2. The molecule has 1 aromatic heterocycles. The lowest BCUT2D eigenvalue weighted by atomic mass is 9.55. The number of alkyl halides is 1. The van der Waals surface area contributed by atoms with Gasteiger partial charge in [-0.05, 0) is 60.8 Å². The van der Waals surface area contributed by atoms with E-state index in [9.17, 15) is 18.4 Å². The van der Waals surface area contributed by atoms with Crippen molar-refractivity contribution in [2.45, 2.75) is 44.4 Å². The van der Waals surface area contributed by atoms with Gasteiger partial charge in [0.2, 0.25) is 5.91 Å². The molecule has 2 bridgehead atoms. The van der Waals surface area contributed by atoms with Crippen LogP contribution in [0, 0.1) is 40.8 Å². The van der Waals surface area contributed by atoms with Crippen LogP contribution in [0.5, 0.6) is 0 Å². The molecule has 4 unspecified atom stereocenters. The summed E-state index contributed by atoms with van der Waals surface area (Å²) in [7, 11) is 0. The van der Waals surface area contributed by atoms with Crippen molar-refractivity contribution in [3.05, 3.63) is 69.9 Å². The first-order chi connectivity index (χ1) is 15.4. The summed E-state index contributed by atoms with van der Waals surface area (Å²) < 4.78 is 29.8. The third kappa shape index (κ3) is 3.72. The van der Waals surface area contributed by atoms with E-state index < -0.39 is 12.2 Å². The maximum absolute atomic E-state index is 14.4. The fraction of sp³-hybridized carbons (Fsp3) is 0.480. The second kappa shape index (κ2) is 8.16. The summed E-state index contributed by atoms with van der Waals surface area (Å²) in [6.07, 6.45) is 3.30. The normalized spacial score (nSPS) is 31.1. The summed E-state index contributed by atoms with van der Waals surface area (Å²) in [5.74, 6) is 0.354. The first-order valence-corrected chi connectivity index (χ1v) is 11.2. The van der Waals surface area contributed by atoms with Gasteiger partial charge in [-0.1, -0.05) is 12.1 Å². The van der Waals surface area contributed by atoms with Crippen molar-refractivity contribution in [2.24, 2.45) is 23.7 Å². The number of fused-ring (bicyclic) bond motifs is 2. The highest BCUT2D eigenvalue weighted by atomic mass is 19.1. The number of nitrogens with zero attached hydrogens (tertiary/aromatic N) is 3. The molecule has 2 aromatic rings. The van der Waals surface area contributed by atoms with E-state index in [-0.39, 0.29) is 42.1 Å². The molecule has 1 aromatic carbocycles. The van der Waals surface area contributed by atoms with E-state index in [0.717, 1.165) is 12.8 Å². The number of hydrogen-bond donors (Lipinski definition) is 0. The van der Waals surface area contributed by atoms with E-state index in [1.165, 1.54) is 18.2 Å². The maximum atomic E-state index is 14.4. The highest BCUT2D eigenvalue weighted by Gasteiger charge is 2.51. The molecule has 7 heteroatoms. The molecular weight excluding hydrogens is 412 g/mol. The first-order valence-electron chi connectivity index (χ1n) is 11.2. The fourth-order valence-electron chi connectivity index (χ4n) is 5.91. The molecule has 2 heterocycles. The zero-order valence-electron chi connectivity index (χ0n) is 17.7. The Bertz CT molecular complexity index is 1130. The van der Waals surface area contributed by atoms with Gasteiger partial charge < -0.3 is 9.47 Å². The Morgan fingerprint density at radius 3 is 2.66 bits per heavy atom. The maximum Gasteiger partial charge on any atom is 0.251 e. The van der Waals surface area contributed by atoms with E-state index in [1.807, 2.05) is 6.07 Å². The average molecular weight is 437 g/mol. The lowest BCUT2D eigenvalue weighted by Crippen LogP contribution is -2.50. The highest BCUT2D eigenvalue weighted by molar-refractivity contribution is 5.80. The number of benzene rings is 1. The zero-order chi connectivity index (χ0) is 22.4. The number of carbonyl (C=O) groups excluding carboxylic acids is 1. The monoisotopic (exact) mass is 437 g/mol. The van der Waals surface area contributed by atoms with Gasteiger partial charge in [-0.3, -0.25) is 9.59 Å². The number of halogens is 2. The third-order valence-corrected chi connectivity index (χ3v) is 7.64. The number of hydrogen-bond acceptors (Lipinski definition) is 3. The van der Waals surface area contributed by atoms with E-state index in [1.54, 1.807) is 33.9 Å². The van der Waals surface area contributed by atoms with Gasteiger partial charge in [0.15, 0.2) is 0 Å². The lowest BCUT2D eigenvalue weighted by molar-refractivity contribution is -0.147. The molecule has 0 N–H and O–H groups in total. The second-order valence-corrected chi connectivity index (χ2v) is 9.51. The van der Waals surface area contributed by atoms with Gasteiger partial charge in [0.05, 0.1) is 24.2 Å². The minimum Gasteiger partial charge on any atom is -0.332 e. The molecule has 0 radical (unpaired) electrons. The Kier molecular flexibility index (Phi) is 5.32. The molecule has 4 fully saturated rings. The van der Waals surface area contributed by atoms with Gasteiger partial charge in [-0.25, -0.2) is 8.78 Å². The number of rotatable bonds is 4. The summed E-state index contributed by atoms with van der Waals surface area (Å²) >= 11 is 0. The number of pyridine rings is 1. The standard InChI is InChI=1S/C25H25F2N3O2/c26-20-3-1-2-16(9-20)23-11-21(27)14-30(23)25(32)22-10-19(17-7-18(22)8-17)13-29-5-4-15(12-28)6-24(29)31/h1-6,9,17-19,21-23H,7-8,10-11,13-14H2. The van der Waals surface area contributed by atoms with Crippen molar-refractivity contribution in [2.75, 3.05) is 6.54 Å². The van der Waals surface area contributed by atoms with E-state index in [2.05, 4.69) is 0 Å². The van der Waals surface area contributed by atoms with Crippen LogP contribution < -0.4 is 5.56 Å². The van der Waals surface area contributed by atoms with Crippen LogP contribution in [0.1, 0.15) is 42.9 Å². The van der Waals surface area contributed by atoms with Crippen LogP contribution in [-0.4, -0.2) is 28.1 Å². The number of nitriles is 1. The molecule has 3 aliphatic carbocycles. The summed E-state index contributed by atoms with van der Waals surface area (Å²) in [6.45, 7) is 0.567. The topological polar surface area (TPSA) is 66.1 Å². The van der Waals surface area contributed by atoms with Crippen LogP contribution >= 0.6 is 0 Å². The van der Waals surface area contributed by atoms with Gasteiger partial charge in [-0.2, -0.15) is 5.26 Å². The quantitative estimate of drug-likeness (QED) is 0.730. The highest BCUT2D eigenvalue weighted by Crippen LogP contribution is 2.53. The minimum absolute atomic E-state index is 0.0419. The van der Waals surface area contributed by atoms with Gasteiger partial charge in [0.1, 0.15) is 12.0 Å². The average Bonchev–Trinajstić information content (AvgIpc) is 3.15. The number of carbonyl (C=O) groups is 1. The molecule has 4 aliphatic rings. The van der Waals surface area contributed by atoms with E-state index >= 15 is 0 Å². The van der Waals surface area contributed by atoms with Crippen LogP contribution in [0.25, 0.3) is 0 Å². The molecule has 166 valence electrons. The molecule has 5 nitrogen and oxygen atoms in total. The Hall–Kier alpha value is -3.01. The smallest absolute Gasteiger partial charge is 0.251 e. The largest absolute Gasteiger partial charge is 0.332 e. The van der Waals surface area contributed by atoms with Crippen LogP contribution in [-0.2, 0) is 11.3 Å². The van der Waals surface area contributed by atoms with Gasteiger partial charge in [0.25, 0.3) is 5.56 Å². The van der Waals surface area contributed by atoms with E-state index in [0.29, 0.717) is 35.9 Å². The summed E-state index contributed by atoms with van der Waals surface area (Å²) in [4.78, 5) is 27.5. The first kappa shape index (κ1) is 20.9. The van der Waals surface area contributed by atoms with Crippen molar-refractivity contribution in [1.29, 1.82) is 5.26 Å². The molecule has 4 atom stereocenters. The van der Waals surface area contributed by atoms with Crippen molar-refractivity contribution in [3.63, 3.8) is 0 Å². The van der Waals surface area contributed by atoms with Crippen molar-refractivity contribution in [3.8, 4) is 6.07 Å². The number of amides is 1. The third-order valence-electron chi connectivity index (χ3n) is 7.64. The fourth-order valence-corrected chi connectivity index (χ4v) is 5.91. The van der Waals surface area contributed by atoms with Crippen molar-refractivity contribution < 1.29 is 13.6 Å². The SMILES string of the molecule is N#Cc1ccn(CC2CC(C(=O)N3CC(F)CC3c3cccc(F)c3)C3CC2C3)c(=O)c1.